The SMILES string of the molecule is CC(C)CC1CC(C(=O)NC2CCc3ccccc32)NN1. The summed E-state index contributed by atoms with van der Waals surface area (Å²) in [5, 5.41) is 3.21. The minimum absolute atomic E-state index is 0.110. The number of hydrogen-bond acceptors (Lipinski definition) is 3. The summed E-state index contributed by atoms with van der Waals surface area (Å²) in [6.45, 7) is 4.43. The number of benzene rings is 1. The van der Waals surface area contributed by atoms with Crippen molar-refractivity contribution < 1.29 is 4.79 Å². The summed E-state index contributed by atoms with van der Waals surface area (Å²) in [6.07, 6.45) is 4.05. The van der Waals surface area contributed by atoms with E-state index in [1.54, 1.807) is 0 Å². The minimum Gasteiger partial charge on any atom is -0.348 e. The highest BCUT2D eigenvalue weighted by molar-refractivity contribution is 5.82. The first-order valence-electron chi connectivity index (χ1n) is 8.02. The van der Waals surface area contributed by atoms with Crippen molar-refractivity contribution in [1.82, 2.24) is 16.2 Å². The average Bonchev–Trinajstić information content (AvgIpc) is 3.06. The van der Waals surface area contributed by atoms with Gasteiger partial charge in [0.25, 0.3) is 0 Å². The number of nitrogens with one attached hydrogen (secondary N) is 3. The standard InChI is InChI=1S/C17H25N3O/c1-11(2)9-13-10-16(20-19-13)17(21)18-15-8-7-12-5-3-4-6-14(12)15/h3-6,11,13,15-16,19-20H,7-10H2,1-2H3,(H,18,21). The zero-order chi connectivity index (χ0) is 14.8. The van der Waals surface area contributed by atoms with Crippen molar-refractivity contribution in [1.29, 1.82) is 0 Å². The molecule has 2 aliphatic rings. The van der Waals surface area contributed by atoms with Gasteiger partial charge < -0.3 is 5.32 Å². The fraction of sp³-hybridized carbons (Fsp3) is 0.588. The van der Waals surface area contributed by atoms with Crippen LogP contribution in [0.15, 0.2) is 24.3 Å². The Hall–Kier alpha value is -1.39. The van der Waals surface area contributed by atoms with Gasteiger partial charge in [0, 0.05) is 6.04 Å². The molecule has 0 saturated carbocycles. The van der Waals surface area contributed by atoms with Crippen molar-refractivity contribution in [2.75, 3.05) is 0 Å². The van der Waals surface area contributed by atoms with Crippen LogP contribution >= 0.6 is 0 Å². The van der Waals surface area contributed by atoms with Crippen molar-refractivity contribution in [2.24, 2.45) is 5.92 Å². The molecular weight excluding hydrogens is 262 g/mol. The molecule has 1 heterocycles. The van der Waals surface area contributed by atoms with Gasteiger partial charge in [-0.3, -0.25) is 10.2 Å². The molecule has 0 aromatic heterocycles. The third-order valence-electron chi connectivity index (χ3n) is 4.50. The van der Waals surface area contributed by atoms with Crippen LogP contribution in [-0.2, 0) is 11.2 Å². The van der Waals surface area contributed by atoms with Gasteiger partial charge in [0.15, 0.2) is 0 Å². The lowest BCUT2D eigenvalue weighted by atomic mass is 9.99. The molecule has 4 nitrogen and oxygen atoms in total. The van der Waals surface area contributed by atoms with Gasteiger partial charge in [-0.15, -0.1) is 0 Å². The molecular formula is C17H25N3O. The molecule has 1 amide bonds. The Morgan fingerprint density at radius 2 is 2.14 bits per heavy atom. The maximum absolute atomic E-state index is 12.4. The van der Waals surface area contributed by atoms with Crippen molar-refractivity contribution >= 4 is 5.91 Å². The third kappa shape index (κ3) is 3.27. The first kappa shape index (κ1) is 14.5. The molecule has 3 atom stereocenters. The van der Waals surface area contributed by atoms with Gasteiger partial charge in [0.1, 0.15) is 6.04 Å². The summed E-state index contributed by atoms with van der Waals surface area (Å²) in [7, 11) is 0. The van der Waals surface area contributed by atoms with E-state index in [1.807, 2.05) is 0 Å². The summed E-state index contributed by atoms with van der Waals surface area (Å²) in [6, 6.07) is 8.89. The fourth-order valence-electron chi connectivity index (χ4n) is 3.50. The van der Waals surface area contributed by atoms with E-state index in [0.717, 1.165) is 25.7 Å². The van der Waals surface area contributed by atoms with Crippen LogP contribution in [0.2, 0.25) is 0 Å². The highest BCUT2D eigenvalue weighted by atomic mass is 16.2. The predicted octanol–water partition coefficient (Wildman–Crippen LogP) is 2.07. The molecule has 0 bridgehead atoms. The third-order valence-corrected chi connectivity index (χ3v) is 4.50. The molecule has 1 fully saturated rings. The van der Waals surface area contributed by atoms with Crippen LogP contribution in [0.4, 0.5) is 0 Å². The van der Waals surface area contributed by atoms with Crippen molar-refractivity contribution in [3.05, 3.63) is 35.4 Å². The molecule has 114 valence electrons. The quantitative estimate of drug-likeness (QED) is 0.794. The number of amides is 1. The maximum atomic E-state index is 12.4. The van der Waals surface area contributed by atoms with E-state index in [0.29, 0.717) is 12.0 Å². The molecule has 1 aliphatic heterocycles. The molecule has 1 aliphatic carbocycles. The molecule has 1 aromatic carbocycles. The van der Waals surface area contributed by atoms with Crippen LogP contribution in [0.1, 0.15) is 50.3 Å². The number of fused-ring (bicyclic) bond motifs is 1. The van der Waals surface area contributed by atoms with E-state index in [1.165, 1.54) is 11.1 Å². The van der Waals surface area contributed by atoms with Gasteiger partial charge >= 0.3 is 0 Å². The van der Waals surface area contributed by atoms with Crippen molar-refractivity contribution in [3.63, 3.8) is 0 Å². The number of hydrogen-bond donors (Lipinski definition) is 3. The second-order valence-electron chi connectivity index (χ2n) is 6.70. The Morgan fingerprint density at radius 1 is 1.33 bits per heavy atom. The van der Waals surface area contributed by atoms with E-state index in [9.17, 15) is 4.79 Å². The van der Waals surface area contributed by atoms with Crippen LogP contribution in [0.3, 0.4) is 0 Å². The number of aryl methyl sites for hydroxylation is 1. The van der Waals surface area contributed by atoms with E-state index in [2.05, 4.69) is 54.3 Å². The van der Waals surface area contributed by atoms with Gasteiger partial charge in [-0.25, -0.2) is 5.43 Å². The van der Waals surface area contributed by atoms with Crippen LogP contribution in [-0.4, -0.2) is 18.0 Å². The van der Waals surface area contributed by atoms with Gasteiger partial charge in [-0.2, -0.15) is 0 Å². The lowest BCUT2D eigenvalue weighted by Crippen LogP contribution is -2.44. The van der Waals surface area contributed by atoms with E-state index in [4.69, 9.17) is 0 Å². The molecule has 1 saturated heterocycles. The molecule has 0 radical (unpaired) electrons. The van der Waals surface area contributed by atoms with Gasteiger partial charge in [-0.1, -0.05) is 38.1 Å². The first-order chi connectivity index (χ1) is 10.1. The fourth-order valence-corrected chi connectivity index (χ4v) is 3.50. The first-order valence-corrected chi connectivity index (χ1v) is 8.02. The Kier molecular flexibility index (Phi) is 4.27. The largest absolute Gasteiger partial charge is 0.348 e. The molecule has 1 aromatic rings. The number of rotatable bonds is 4. The van der Waals surface area contributed by atoms with Crippen LogP contribution in [0.5, 0.6) is 0 Å². The topological polar surface area (TPSA) is 53.2 Å². The summed E-state index contributed by atoms with van der Waals surface area (Å²) in [5.41, 5.74) is 9.06. The molecule has 0 spiro atoms. The van der Waals surface area contributed by atoms with Gasteiger partial charge in [-0.05, 0) is 42.7 Å². The Bertz CT molecular complexity index is 515. The lowest BCUT2D eigenvalue weighted by Gasteiger charge is -2.17. The number of hydrazine groups is 1. The second-order valence-corrected chi connectivity index (χ2v) is 6.70. The van der Waals surface area contributed by atoms with E-state index < -0.39 is 0 Å². The molecule has 3 unspecified atom stereocenters. The van der Waals surface area contributed by atoms with Crippen LogP contribution in [0, 0.1) is 5.92 Å². The molecule has 4 heteroatoms. The van der Waals surface area contributed by atoms with E-state index >= 15 is 0 Å². The molecule has 3 N–H and O–H groups in total. The Balaban J connectivity index is 1.56. The van der Waals surface area contributed by atoms with Crippen molar-refractivity contribution in [2.45, 2.75) is 57.7 Å². The van der Waals surface area contributed by atoms with Gasteiger partial charge in [0.2, 0.25) is 5.91 Å². The van der Waals surface area contributed by atoms with Gasteiger partial charge in [0.05, 0.1) is 6.04 Å². The average molecular weight is 287 g/mol. The Morgan fingerprint density at radius 3 is 2.95 bits per heavy atom. The maximum Gasteiger partial charge on any atom is 0.239 e. The highest BCUT2D eigenvalue weighted by Gasteiger charge is 2.32. The predicted molar refractivity (Wildman–Crippen MR) is 83.6 cm³/mol. The molecule has 3 rings (SSSR count). The van der Waals surface area contributed by atoms with Crippen LogP contribution < -0.4 is 16.2 Å². The summed E-state index contributed by atoms with van der Waals surface area (Å²) < 4.78 is 0. The molecule has 21 heavy (non-hydrogen) atoms. The summed E-state index contributed by atoms with van der Waals surface area (Å²) >= 11 is 0. The highest BCUT2D eigenvalue weighted by Crippen LogP contribution is 2.30. The normalized spacial score (nSPS) is 27.9. The summed E-state index contributed by atoms with van der Waals surface area (Å²) in [4.78, 5) is 12.4. The Labute approximate surface area is 126 Å². The zero-order valence-electron chi connectivity index (χ0n) is 12.9. The number of carbonyl (C=O) groups is 1. The van der Waals surface area contributed by atoms with Crippen molar-refractivity contribution in [3.8, 4) is 0 Å². The van der Waals surface area contributed by atoms with E-state index in [-0.39, 0.29) is 18.0 Å². The van der Waals surface area contributed by atoms with Crippen LogP contribution in [0.25, 0.3) is 0 Å². The monoisotopic (exact) mass is 287 g/mol. The zero-order valence-corrected chi connectivity index (χ0v) is 12.9. The lowest BCUT2D eigenvalue weighted by molar-refractivity contribution is -0.123. The summed E-state index contributed by atoms with van der Waals surface area (Å²) in [5.74, 6) is 0.767. The smallest absolute Gasteiger partial charge is 0.239 e. The number of carbonyl (C=O) groups excluding carboxylic acids is 1. The minimum atomic E-state index is -0.110. The second kappa shape index (κ2) is 6.16.